The van der Waals surface area contributed by atoms with Crippen molar-refractivity contribution in [3.05, 3.63) is 0 Å². The van der Waals surface area contributed by atoms with Gasteiger partial charge in [0.2, 0.25) is 0 Å². The summed E-state index contributed by atoms with van der Waals surface area (Å²) in [6.07, 6.45) is 6.27. The summed E-state index contributed by atoms with van der Waals surface area (Å²) in [6, 6.07) is 0. The van der Waals surface area contributed by atoms with Gasteiger partial charge in [-0.15, -0.1) is 0 Å². The van der Waals surface area contributed by atoms with Crippen LogP contribution in [0.4, 0.5) is 0 Å². The molecule has 0 aliphatic heterocycles. The highest BCUT2D eigenvalue weighted by atomic mass is 16.2. The summed E-state index contributed by atoms with van der Waals surface area (Å²) in [4.78, 5) is 38.8. The molecule has 3 nitrogen and oxygen atoms in total. The normalized spacial score (nSPS) is 18.8. The molecule has 152 valence electrons. The number of ketones is 1. The number of hydrogen-bond donors (Lipinski definition) is 0. The molecular formula is C23H42O3. The standard InChI is InChI=1S/C23H42O3/c1-9-11-19(7)22(15-24,13-17(3)4)21(26)23(16-25,14-18(5)6)20(8)12-10-2/h15-20H,9-14H2,1-8H3. The third kappa shape index (κ3) is 5.50. The van der Waals surface area contributed by atoms with E-state index in [0.29, 0.717) is 12.8 Å². The molecule has 4 unspecified atom stereocenters. The monoisotopic (exact) mass is 366 g/mol. The number of aldehydes is 2. The van der Waals surface area contributed by atoms with Crippen LogP contribution in [0.2, 0.25) is 0 Å². The van der Waals surface area contributed by atoms with Crippen molar-refractivity contribution in [2.45, 2.75) is 93.9 Å². The average molecular weight is 367 g/mol. The molecule has 0 aromatic carbocycles. The minimum Gasteiger partial charge on any atom is -0.302 e. The molecule has 26 heavy (non-hydrogen) atoms. The molecule has 0 saturated heterocycles. The van der Waals surface area contributed by atoms with Crippen molar-refractivity contribution in [3.8, 4) is 0 Å². The minimum atomic E-state index is -1.07. The molecule has 0 radical (unpaired) electrons. The van der Waals surface area contributed by atoms with E-state index in [-0.39, 0.29) is 29.5 Å². The summed E-state index contributed by atoms with van der Waals surface area (Å²) >= 11 is 0. The summed E-state index contributed by atoms with van der Waals surface area (Å²) in [5.41, 5.74) is -2.13. The van der Waals surface area contributed by atoms with Gasteiger partial charge in [-0.05, 0) is 49.4 Å². The smallest absolute Gasteiger partial charge is 0.159 e. The molecule has 0 aromatic rings. The van der Waals surface area contributed by atoms with Gasteiger partial charge in [-0.2, -0.15) is 0 Å². The molecule has 0 amide bonds. The van der Waals surface area contributed by atoms with Gasteiger partial charge >= 0.3 is 0 Å². The summed E-state index contributed by atoms with van der Waals surface area (Å²) < 4.78 is 0. The van der Waals surface area contributed by atoms with Crippen LogP contribution in [-0.2, 0) is 14.4 Å². The van der Waals surface area contributed by atoms with Gasteiger partial charge in [0.1, 0.15) is 12.6 Å². The summed E-state index contributed by atoms with van der Waals surface area (Å²) in [7, 11) is 0. The van der Waals surface area contributed by atoms with Crippen LogP contribution in [0, 0.1) is 34.5 Å². The third-order valence-electron chi connectivity index (χ3n) is 5.96. The largest absolute Gasteiger partial charge is 0.302 e. The lowest BCUT2D eigenvalue weighted by Gasteiger charge is -2.44. The zero-order chi connectivity index (χ0) is 20.5. The maximum atomic E-state index is 14.0. The van der Waals surface area contributed by atoms with E-state index in [1.165, 1.54) is 0 Å². The van der Waals surface area contributed by atoms with Crippen LogP contribution < -0.4 is 0 Å². The van der Waals surface area contributed by atoms with E-state index in [1.807, 2.05) is 41.5 Å². The van der Waals surface area contributed by atoms with Crippen LogP contribution >= 0.6 is 0 Å². The average Bonchev–Trinajstić information content (AvgIpc) is 2.56. The fraction of sp³-hybridized carbons (Fsp3) is 0.870. The highest BCUT2D eigenvalue weighted by molar-refractivity contribution is 6.09. The number of carbonyl (C=O) groups excluding carboxylic acids is 3. The molecule has 0 rings (SSSR count). The Labute approximate surface area is 161 Å². The van der Waals surface area contributed by atoms with Crippen molar-refractivity contribution in [1.29, 1.82) is 0 Å². The SMILES string of the molecule is CCCC(C)C(C=O)(CC(C)C)C(=O)C(C=O)(CC(C)C)C(C)CCC. The van der Waals surface area contributed by atoms with E-state index in [2.05, 4.69) is 13.8 Å². The predicted molar refractivity (Wildman–Crippen MR) is 109 cm³/mol. The van der Waals surface area contributed by atoms with E-state index in [1.54, 1.807) is 0 Å². The van der Waals surface area contributed by atoms with Gasteiger partial charge in [-0.1, -0.05) is 68.2 Å². The molecule has 0 aliphatic carbocycles. The van der Waals surface area contributed by atoms with Crippen molar-refractivity contribution in [3.63, 3.8) is 0 Å². The third-order valence-corrected chi connectivity index (χ3v) is 5.96. The van der Waals surface area contributed by atoms with Crippen LogP contribution in [0.3, 0.4) is 0 Å². The first-order chi connectivity index (χ1) is 12.1. The van der Waals surface area contributed by atoms with Gasteiger partial charge in [0.15, 0.2) is 5.78 Å². The van der Waals surface area contributed by atoms with Gasteiger partial charge in [-0.3, -0.25) is 4.79 Å². The van der Waals surface area contributed by atoms with E-state index in [4.69, 9.17) is 0 Å². The van der Waals surface area contributed by atoms with Crippen LogP contribution in [0.5, 0.6) is 0 Å². The molecule has 4 atom stereocenters. The number of hydrogen-bond acceptors (Lipinski definition) is 3. The van der Waals surface area contributed by atoms with Gasteiger partial charge in [0, 0.05) is 0 Å². The van der Waals surface area contributed by atoms with Crippen molar-refractivity contribution in [2.24, 2.45) is 34.5 Å². The van der Waals surface area contributed by atoms with Crippen molar-refractivity contribution in [2.75, 3.05) is 0 Å². The maximum Gasteiger partial charge on any atom is 0.159 e. The molecular weight excluding hydrogens is 324 g/mol. The Morgan fingerprint density at radius 2 is 1.04 bits per heavy atom. The summed E-state index contributed by atoms with van der Waals surface area (Å²) in [5, 5.41) is 0. The topological polar surface area (TPSA) is 51.2 Å². The second-order valence-electron chi connectivity index (χ2n) is 9.22. The fourth-order valence-electron chi connectivity index (χ4n) is 4.64. The quantitative estimate of drug-likeness (QED) is 0.284. The van der Waals surface area contributed by atoms with Crippen LogP contribution in [-0.4, -0.2) is 18.4 Å². The Morgan fingerprint density at radius 1 is 0.731 bits per heavy atom. The van der Waals surface area contributed by atoms with Gasteiger partial charge in [0.25, 0.3) is 0 Å². The molecule has 0 bridgehead atoms. The predicted octanol–water partition coefficient (Wildman–Crippen LogP) is 5.89. The number of Topliss-reactive ketones (excluding diaryl/α,β-unsaturated/α-hetero) is 1. The molecule has 0 fully saturated rings. The molecule has 0 N–H and O–H groups in total. The van der Waals surface area contributed by atoms with E-state index in [0.717, 1.165) is 38.3 Å². The Bertz CT molecular complexity index is 414. The van der Waals surface area contributed by atoms with Crippen LogP contribution in [0.1, 0.15) is 93.9 Å². The lowest BCUT2D eigenvalue weighted by molar-refractivity contribution is -0.154. The second kappa shape index (κ2) is 11.0. The zero-order valence-corrected chi connectivity index (χ0v) is 18.4. The zero-order valence-electron chi connectivity index (χ0n) is 18.4. The lowest BCUT2D eigenvalue weighted by atomic mass is 9.56. The highest BCUT2D eigenvalue weighted by Crippen LogP contribution is 2.47. The van der Waals surface area contributed by atoms with Crippen molar-refractivity contribution < 1.29 is 14.4 Å². The molecule has 0 saturated carbocycles. The Kier molecular flexibility index (Phi) is 10.6. The molecule has 0 aliphatic rings. The maximum absolute atomic E-state index is 14.0. The van der Waals surface area contributed by atoms with E-state index < -0.39 is 10.8 Å². The molecule has 0 heterocycles. The van der Waals surface area contributed by atoms with Crippen molar-refractivity contribution >= 4 is 18.4 Å². The Hall–Kier alpha value is -0.990. The summed E-state index contributed by atoms with van der Waals surface area (Å²) in [5.74, 6) is 0.196. The summed E-state index contributed by atoms with van der Waals surface area (Å²) in [6.45, 7) is 16.4. The first kappa shape index (κ1) is 25.0. The first-order valence-electron chi connectivity index (χ1n) is 10.5. The molecule has 0 spiro atoms. The molecule has 3 heteroatoms. The van der Waals surface area contributed by atoms with Gasteiger partial charge in [-0.25, -0.2) is 0 Å². The second-order valence-corrected chi connectivity index (χ2v) is 9.22. The van der Waals surface area contributed by atoms with Gasteiger partial charge in [0.05, 0.1) is 10.8 Å². The Balaban J connectivity index is 6.41. The Morgan fingerprint density at radius 3 is 1.23 bits per heavy atom. The van der Waals surface area contributed by atoms with E-state index in [9.17, 15) is 14.4 Å². The van der Waals surface area contributed by atoms with Gasteiger partial charge < -0.3 is 9.59 Å². The highest BCUT2D eigenvalue weighted by Gasteiger charge is 2.54. The van der Waals surface area contributed by atoms with E-state index >= 15 is 0 Å². The van der Waals surface area contributed by atoms with Crippen LogP contribution in [0.15, 0.2) is 0 Å². The fourth-order valence-corrected chi connectivity index (χ4v) is 4.64. The minimum absolute atomic E-state index is 0.0554. The lowest BCUT2D eigenvalue weighted by Crippen LogP contribution is -2.53. The van der Waals surface area contributed by atoms with Crippen LogP contribution in [0.25, 0.3) is 0 Å². The van der Waals surface area contributed by atoms with Crippen molar-refractivity contribution in [1.82, 2.24) is 0 Å². The molecule has 0 aromatic heterocycles. The number of carbonyl (C=O) groups is 3. The number of rotatable bonds is 14. The first-order valence-corrected chi connectivity index (χ1v) is 10.5.